The van der Waals surface area contributed by atoms with Crippen molar-refractivity contribution in [3.63, 3.8) is 0 Å². The first kappa shape index (κ1) is 14.2. The molecule has 3 heteroatoms. The second kappa shape index (κ2) is 3.92. The van der Waals surface area contributed by atoms with Gasteiger partial charge >= 0.3 is 0 Å². The molecule has 8 unspecified atom stereocenters. The SMILES string of the molecule is CC12CCC(C3CC4CCCOC4C4(C)OC34C)CC1(C)O2. The predicted molar refractivity (Wildman–Crippen MR) is 83.7 cm³/mol. The molecule has 2 aliphatic carbocycles. The third-order valence-corrected chi connectivity index (χ3v) is 8.36. The van der Waals surface area contributed by atoms with Crippen LogP contribution in [0, 0.1) is 17.8 Å². The van der Waals surface area contributed by atoms with Crippen LogP contribution in [-0.2, 0) is 14.2 Å². The summed E-state index contributed by atoms with van der Waals surface area (Å²) in [4.78, 5) is 0. The normalized spacial score (nSPS) is 66.0. The van der Waals surface area contributed by atoms with Gasteiger partial charge in [-0.05, 0) is 84.0 Å². The van der Waals surface area contributed by atoms with Gasteiger partial charge < -0.3 is 14.2 Å². The van der Waals surface area contributed by atoms with Crippen LogP contribution in [0.1, 0.15) is 66.2 Å². The molecule has 5 rings (SSSR count). The Balaban J connectivity index is 1.41. The summed E-state index contributed by atoms with van der Waals surface area (Å²) in [5.41, 5.74) is 0.309. The summed E-state index contributed by atoms with van der Waals surface area (Å²) in [6, 6.07) is 0. The first-order valence-corrected chi connectivity index (χ1v) is 9.33. The van der Waals surface area contributed by atoms with Gasteiger partial charge in [0.2, 0.25) is 0 Å². The van der Waals surface area contributed by atoms with Crippen LogP contribution in [0.15, 0.2) is 0 Å². The Morgan fingerprint density at radius 3 is 2.45 bits per heavy atom. The molecule has 124 valence electrons. The quantitative estimate of drug-likeness (QED) is 0.693. The zero-order chi connectivity index (χ0) is 15.4. The van der Waals surface area contributed by atoms with Crippen molar-refractivity contribution in [2.75, 3.05) is 6.61 Å². The van der Waals surface area contributed by atoms with Gasteiger partial charge in [-0.15, -0.1) is 0 Å². The Morgan fingerprint density at radius 1 is 0.864 bits per heavy atom. The molecule has 0 aromatic carbocycles. The van der Waals surface area contributed by atoms with Crippen molar-refractivity contribution in [3.8, 4) is 0 Å². The molecule has 0 amide bonds. The minimum Gasteiger partial charge on any atom is -0.375 e. The number of epoxide rings is 2. The van der Waals surface area contributed by atoms with E-state index in [4.69, 9.17) is 14.2 Å². The van der Waals surface area contributed by atoms with E-state index in [2.05, 4.69) is 27.7 Å². The summed E-state index contributed by atoms with van der Waals surface area (Å²) in [7, 11) is 0. The number of ether oxygens (including phenoxy) is 3. The van der Waals surface area contributed by atoms with Gasteiger partial charge in [-0.3, -0.25) is 0 Å². The number of hydrogen-bond acceptors (Lipinski definition) is 3. The Morgan fingerprint density at radius 2 is 1.68 bits per heavy atom. The van der Waals surface area contributed by atoms with Gasteiger partial charge in [0, 0.05) is 6.61 Å². The molecule has 8 atom stereocenters. The molecule has 22 heavy (non-hydrogen) atoms. The highest BCUT2D eigenvalue weighted by atomic mass is 16.7. The molecule has 3 nitrogen and oxygen atoms in total. The Bertz CT molecular complexity index is 521. The molecule has 0 aromatic rings. The van der Waals surface area contributed by atoms with E-state index in [9.17, 15) is 0 Å². The molecule has 3 heterocycles. The number of fused-ring (bicyclic) bond motifs is 4. The molecular weight excluding hydrogens is 276 g/mol. The lowest BCUT2D eigenvalue weighted by Crippen LogP contribution is -2.53. The van der Waals surface area contributed by atoms with E-state index in [1.807, 2.05) is 0 Å². The van der Waals surface area contributed by atoms with Crippen molar-refractivity contribution in [3.05, 3.63) is 0 Å². The van der Waals surface area contributed by atoms with E-state index >= 15 is 0 Å². The number of rotatable bonds is 1. The molecule has 0 spiro atoms. The summed E-state index contributed by atoms with van der Waals surface area (Å²) >= 11 is 0. The molecule has 0 N–H and O–H groups in total. The van der Waals surface area contributed by atoms with Crippen molar-refractivity contribution in [1.82, 2.24) is 0 Å². The molecule has 5 fully saturated rings. The van der Waals surface area contributed by atoms with Gasteiger partial charge in [0.15, 0.2) is 0 Å². The maximum atomic E-state index is 6.43. The third-order valence-electron chi connectivity index (χ3n) is 8.36. The smallest absolute Gasteiger partial charge is 0.121 e. The average Bonchev–Trinajstić information content (AvgIpc) is 3.26. The summed E-state index contributed by atoms with van der Waals surface area (Å²) in [5.74, 6) is 2.15. The molecule has 5 aliphatic rings. The van der Waals surface area contributed by atoms with Gasteiger partial charge in [0.05, 0.1) is 17.3 Å². The van der Waals surface area contributed by atoms with E-state index in [-0.39, 0.29) is 22.4 Å². The van der Waals surface area contributed by atoms with Crippen molar-refractivity contribution in [2.24, 2.45) is 17.8 Å². The molecule has 2 saturated carbocycles. The predicted octanol–water partition coefficient (Wildman–Crippen LogP) is 3.70. The van der Waals surface area contributed by atoms with Gasteiger partial charge in [0.25, 0.3) is 0 Å². The molecular formula is C19H30O3. The van der Waals surface area contributed by atoms with Crippen LogP contribution < -0.4 is 0 Å². The fourth-order valence-corrected chi connectivity index (χ4v) is 6.54. The lowest BCUT2D eigenvalue weighted by molar-refractivity contribution is -0.0873. The average molecular weight is 306 g/mol. The first-order chi connectivity index (χ1) is 10.3. The highest BCUT2D eigenvalue weighted by Gasteiger charge is 2.77. The second-order valence-corrected chi connectivity index (χ2v) is 9.42. The molecule has 0 aromatic heterocycles. The van der Waals surface area contributed by atoms with Crippen molar-refractivity contribution in [1.29, 1.82) is 0 Å². The molecule has 0 radical (unpaired) electrons. The van der Waals surface area contributed by atoms with Gasteiger partial charge in [-0.1, -0.05) is 0 Å². The van der Waals surface area contributed by atoms with Crippen molar-refractivity contribution < 1.29 is 14.2 Å². The maximum absolute atomic E-state index is 6.43. The van der Waals surface area contributed by atoms with Gasteiger partial charge in [-0.25, -0.2) is 0 Å². The van der Waals surface area contributed by atoms with Crippen LogP contribution in [0.25, 0.3) is 0 Å². The molecule has 3 aliphatic heterocycles. The van der Waals surface area contributed by atoms with Crippen LogP contribution >= 0.6 is 0 Å². The third kappa shape index (κ3) is 1.54. The topological polar surface area (TPSA) is 34.3 Å². The van der Waals surface area contributed by atoms with Crippen molar-refractivity contribution >= 4 is 0 Å². The summed E-state index contributed by atoms with van der Waals surface area (Å²) < 4.78 is 18.7. The first-order valence-electron chi connectivity index (χ1n) is 9.33. The standard InChI is InChI=1S/C19H30O3/c1-16-8-7-13(11-17(16,2)21-16)14-10-12-6-5-9-20-15(12)19(4)18(14,3)22-19/h12-15H,5-11H2,1-4H3. The summed E-state index contributed by atoms with van der Waals surface area (Å²) in [6.07, 6.45) is 7.95. The van der Waals surface area contributed by atoms with Crippen LogP contribution in [-0.4, -0.2) is 35.1 Å². The summed E-state index contributed by atoms with van der Waals surface area (Å²) in [5, 5.41) is 0. The van der Waals surface area contributed by atoms with E-state index in [0.29, 0.717) is 17.9 Å². The van der Waals surface area contributed by atoms with Crippen LogP contribution in [0.2, 0.25) is 0 Å². The largest absolute Gasteiger partial charge is 0.375 e. The van der Waals surface area contributed by atoms with Crippen LogP contribution in [0.3, 0.4) is 0 Å². The van der Waals surface area contributed by atoms with Gasteiger partial charge in [-0.2, -0.15) is 0 Å². The fourth-order valence-electron chi connectivity index (χ4n) is 6.54. The maximum Gasteiger partial charge on any atom is 0.121 e. The zero-order valence-corrected chi connectivity index (χ0v) is 14.5. The Hall–Kier alpha value is -0.120. The second-order valence-electron chi connectivity index (χ2n) is 9.42. The molecule has 0 bridgehead atoms. The monoisotopic (exact) mass is 306 g/mol. The van der Waals surface area contributed by atoms with Crippen LogP contribution in [0.4, 0.5) is 0 Å². The Kier molecular flexibility index (Phi) is 2.54. The van der Waals surface area contributed by atoms with E-state index in [0.717, 1.165) is 12.5 Å². The zero-order valence-electron chi connectivity index (χ0n) is 14.5. The van der Waals surface area contributed by atoms with E-state index in [1.165, 1.54) is 38.5 Å². The number of hydrogen-bond donors (Lipinski definition) is 0. The summed E-state index contributed by atoms with van der Waals surface area (Å²) in [6.45, 7) is 10.2. The van der Waals surface area contributed by atoms with Crippen LogP contribution in [0.5, 0.6) is 0 Å². The lowest BCUT2D eigenvalue weighted by Gasteiger charge is -2.46. The van der Waals surface area contributed by atoms with Gasteiger partial charge in [0.1, 0.15) is 11.2 Å². The lowest BCUT2D eigenvalue weighted by atomic mass is 9.58. The highest BCUT2D eigenvalue weighted by Crippen LogP contribution is 2.68. The highest BCUT2D eigenvalue weighted by molar-refractivity contribution is 5.25. The van der Waals surface area contributed by atoms with E-state index < -0.39 is 0 Å². The Labute approximate surface area is 134 Å². The minimum absolute atomic E-state index is 0.0347. The minimum atomic E-state index is -0.0347. The molecule has 3 saturated heterocycles. The van der Waals surface area contributed by atoms with Crippen molar-refractivity contribution in [2.45, 2.75) is 94.7 Å². The van der Waals surface area contributed by atoms with E-state index in [1.54, 1.807) is 0 Å². The fraction of sp³-hybridized carbons (Fsp3) is 1.00.